The number of halogens is 1. The number of carboxylic acids is 1. The molecular weight excluding hydrogens is 535 g/mol. The van der Waals surface area contributed by atoms with Crippen LogP contribution >= 0.6 is 22.7 Å². The molecule has 0 bridgehead atoms. The number of nitrogens with one attached hydrogen (secondary N) is 1. The Labute approximate surface area is 233 Å². The van der Waals surface area contributed by atoms with Crippen LogP contribution < -0.4 is 5.32 Å². The van der Waals surface area contributed by atoms with Gasteiger partial charge in [-0.15, -0.1) is 22.7 Å². The maximum absolute atomic E-state index is 14.4. The Morgan fingerprint density at radius 1 is 0.846 bits per heavy atom. The van der Waals surface area contributed by atoms with Crippen molar-refractivity contribution in [1.82, 2.24) is 4.90 Å². The molecule has 2 amide bonds. The summed E-state index contributed by atoms with van der Waals surface area (Å²) >= 11 is 2.80. The van der Waals surface area contributed by atoms with Gasteiger partial charge in [0, 0.05) is 26.9 Å². The summed E-state index contributed by atoms with van der Waals surface area (Å²) in [7, 11) is 0. The number of hydrogen-bond donors (Lipinski definition) is 2. The summed E-state index contributed by atoms with van der Waals surface area (Å²) in [6.45, 7) is 5.65. The molecular formula is C30H27FN2O4S2. The van der Waals surface area contributed by atoms with Gasteiger partial charge in [0.05, 0.1) is 12.0 Å². The van der Waals surface area contributed by atoms with E-state index in [1.165, 1.54) is 51.8 Å². The molecule has 1 fully saturated rings. The van der Waals surface area contributed by atoms with Crippen molar-refractivity contribution in [3.63, 3.8) is 0 Å². The second-order valence-corrected chi connectivity index (χ2v) is 11.6. The molecule has 2 aromatic carbocycles. The molecule has 2 N–H and O–H groups in total. The van der Waals surface area contributed by atoms with Crippen LogP contribution in [0.25, 0.3) is 0 Å². The number of anilines is 1. The monoisotopic (exact) mass is 562 g/mol. The molecule has 200 valence electrons. The van der Waals surface area contributed by atoms with Crippen LogP contribution in [0.4, 0.5) is 14.9 Å². The number of Topliss-reactive ketones (excluding diaryl/α,β-unsaturated/α-hetero) is 1. The van der Waals surface area contributed by atoms with E-state index in [0.29, 0.717) is 11.3 Å². The van der Waals surface area contributed by atoms with Crippen LogP contribution in [0.3, 0.4) is 0 Å². The standard InChI is InChI=1S/C30H27FN2O4S2/c1-16-6-4-5-7-21(16)26(34)22-23(27-17(2)12-14-38-27)25(29(35)36)33(24(22)28-18(3)13-15-39-28)30(37)32-20-10-8-19(31)9-11-20/h4-15,22-25H,1-3H3,(H,32,37)(H,35,36). The maximum atomic E-state index is 14.4. The molecule has 2 aromatic heterocycles. The fourth-order valence-corrected chi connectivity index (χ4v) is 7.68. The molecule has 1 aliphatic heterocycles. The highest BCUT2D eigenvalue weighted by Crippen LogP contribution is 2.54. The van der Waals surface area contributed by atoms with Crippen LogP contribution in [0.2, 0.25) is 0 Å². The van der Waals surface area contributed by atoms with Crippen molar-refractivity contribution in [1.29, 1.82) is 0 Å². The number of ketones is 1. The number of rotatable bonds is 6. The zero-order chi connectivity index (χ0) is 27.8. The number of carbonyl (C=O) groups excluding carboxylic acids is 2. The topological polar surface area (TPSA) is 86.7 Å². The van der Waals surface area contributed by atoms with Gasteiger partial charge in [0.15, 0.2) is 5.78 Å². The van der Waals surface area contributed by atoms with Gasteiger partial charge in [-0.1, -0.05) is 24.3 Å². The number of aliphatic carboxylic acids is 1. The third-order valence-corrected chi connectivity index (χ3v) is 9.55. The third-order valence-electron chi connectivity index (χ3n) is 7.34. The summed E-state index contributed by atoms with van der Waals surface area (Å²) in [4.78, 5) is 44.3. The maximum Gasteiger partial charge on any atom is 0.327 e. The summed E-state index contributed by atoms with van der Waals surface area (Å²) in [6, 6.07) is 13.5. The van der Waals surface area contributed by atoms with Gasteiger partial charge >= 0.3 is 12.0 Å². The number of hydrogen-bond acceptors (Lipinski definition) is 5. The van der Waals surface area contributed by atoms with Gasteiger partial charge in [-0.25, -0.2) is 14.0 Å². The van der Waals surface area contributed by atoms with Gasteiger partial charge < -0.3 is 15.3 Å². The smallest absolute Gasteiger partial charge is 0.327 e. The number of urea groups is 1. The minimum Gasteiger partial charge on any atom is -0.480 e. The van der Waals surface area contributed by atoms with Crippen LogP contribution in [0.1, 0.15) is 48.8 Å². The van der Waals surface area contributed by atoms with E-state index in [1.807, 2.05) is 55.8 Å². The molecule has 5 rings (SSSR count). The van der Waals surface area contributed by atoms with Gasteiger partial charge in [-0.2, -0.15) is 0 Å². The van der Waals surface area contributed by atoms with E-state index in [0.717, 1.165) is 26.4 Å². The number of likely N-dealkylation sites (tertiary alicyclic amines) is 1. The van der Waals surface area contributed by atoms with E-state index in [9.17, 15) is 23.9 Å². The van der Waals surface area contributed by atoms with E-state index >= 15 is 0 Å². The van der Waals surface area contributed by atoms with Crippen LogP contribution in [0.15, 0.2) is 71.4 Å². The lowest BCUT2D eigenvalue weighted by Crippen LogP contribution is -2.45. The molecule has 1 aliphatic rings. The fraction of sp³-hybridized carbons (Fsp3) is 0.233. The first-order valence-corrected chi connectivity index (χ1v) is 14.2. The molecule has 0 aliphatic carbocycles. The summed E-state index contributed by atoms with van der Waals surface area (Å²) < 4.78 is 13.5. The first-order valence-electron chi connectivity index (χ1n) is 12.4. The van der Waals surface area contributed by atoms with Crippen molar-refractivity contribution in [3.05, 3.63) is 109 Å². The van der Waals surface area contributed by atoms with E-state index in [2.05, 4.69) is 5.32 Å². The van der Waals surface area contributed by atoms with Crippen molar-refractivity contribution < 1.29 is 23.9 Å². The molecule has 3 heterocycles. The summed E-state index contributed by atoms with van der Waals surface area (Å²) in [5.41, 5.74) is 3.36. The van der Waals surface area contributed by atoms with E-state index in [-0.39, 0.29) is 5.78 Å². The lowest BCUT2D eigenvalue weighted by atomic mass is 9.78. The third kappa shape index (κ3) is 4.88. The van der Waals surface area contributed by atoms with Crippen molar-refractivity contribution >= 4 is 46.1 Å². The quantitative estimate of drug-likeness (QED) is 0.243. The number of carbonyl (C=O) groups is 3. The van der Waals surface area contributed by atoms with E-state index in [1.54, 1.807) is 12.1 Å². The molecule has 4 unspecified atom stereocenters. The van der Waals surface area contributed by atoms with Gasteiger partial charge in [-0.3, -0.25) is 4.79 Å². The Bertz CT molecular complexity index is 1540. The zero-order valence-electron chi connectivity index (χ0n) is 21.6. The predicted molar refractivity (Wildman–Crippen MR) is 151 cm³/mol. The minimum atomic E-state index is -1.31. The van der Waals surface area contributed by atoms with Gasteiger partial charge in [-0.05, 0) is 84.6 Å². The van der Waals surface area contributed by atoms with E-state index in [4.69, 9.17) is 0 Å². The number of amides is 2. The van der Waals surface area contributed by atoms with E-state index < -0.39 is 41.7 Å². The number of nitrogens with zero attached hydrogens (tertiary/aromatic N) is 1. The lowest BCUT2D eigenvalue weighted by Gasteiger charge is -2.30. The van der Waals surface area contributed by atoms with Gasteiger partial charge in [0.2, 0.25) is 0 Å². The van der Waals surface area contributed by atoms with Crippen LogP contribution in [0, 0.1) is 32.5 Å². The average Bonchev–Trinajstić information content (AvgIpc) is 3.61. The zero-order valence-corrected chi connectivity index (χ0v) is 23.2. The highest BCUT2D eigenvalue weighted by atomic mass is 32.1. The lowest BCUT2D eigenvalue weighted by molar-refractivity contribution is -0.142. The molecule has 1 saturated heterocycles. The van der Waals surface area contributed by atoms with Gasteiger partial charge in [0.1, 0.15) is 11.9 Å². The average molecular weight is 563 g/mol. The number of carboxylic acid groups (broad SMARTS) is 1. The second-order valence-electron chi connectivity index (χ2n) is 9.74. The Balaban J connectivity index is 1.72. The minimum absolute atomic E-state index is 0.202. The molecule has 9 heteroatoms. The summed E-state index contributed by atoms with van der Waals surface area (Å²) in [5, 5.41) is 17.1. The molecule has 39 heavy (non-hydrogen) atoms. The number of thiophene rings is 2. The number of benzene rings is 2. The largest absolute Gasteiger partial charge is 0.480 e. The second kappa shape index (κ2) is 10.7. The highest BCUT2D eigenvalue weighted by molar-refractivity contribution is 7.10. The highest BCUT2D eigenvalue weighted by Gasteiger charge is 2.59. The van der Waals surface area contributed by atoms with Crippen molar-refractivity contribution in [2.75, 3.05) is 5.32 Å². The molecule has 0 radical (unpaired) electrons. The van der Waals surface area contributed by atoms with Crippen molar-refractivity contribution in [2.45, 2.75) is 38.8 Å². The summed E-state index contributed by atoms with van der Waals surface area (Å²) in [6.07, 6.45) is 0. The first-order chi connectivity index (χ1) is 18.7. The number of aryl methyl sites for hydroxylation is 3. The van der Waals surface area contributed by atoms with Crippen LogP contribution in [0.5, 0.6) is 0 Å². The van der Waals surface area contributed by atoms with Crippen LogP contribution in [-0.4, -0.2) is 33.8 Å². The molecule has 4 atom stereocenters. The molecule has 0 saturated carbocycles. The Hall–Kier alpha value is -3.82. The van der Waals surface area contributed by atoms with Crippen molar-refractivity contribution in [3.8, 4) is 0 Å². The first kappa shape index (κ1) is 26.8. The van der Waals surface area contributed by atoms with Crippen molar-refractivity contribution in [2.24, 2.45) is 5.92 Å². The Morgan fingerprint density at radius 2 is 1.46 bits per heavy atom. The molecule has 6 nitrogen and oxygen atoms in total. The Kier molecular flexibility index (Phi) is 7.38. The van der Waals surface area contributed by atoms with Gasteiger partial charge in [0.25, 0.3) is 0 Å². The predicted octanol–water partition coefficient (Wildman–Crippen LogP) is 7.20. The summed E-state index contributed by atoms with van der Waals surface area (Å²) in [5.74, 6) is -3.48. The molecule has 0 spiro atoms. The van der Waals surface area contributed by atoms with Crippen LogP contribution in [-0.2, 0) is 4.79 Å². The SMILES string of the molecule is Cc1ccccc1C(=O)C1C(c2sccc2C)C(C(=O)O)N(C(=O)Nc2ccc(F)cc2)C1c1sccc1C. The molecule has 4 aromatic rings. The fourth-order valence-electron chi connectivity index (χ4n) is 5.50. The Morgan fingerprint density at radius 3 is 2.03 bits per heavy atom. The normalized spacial score (nSPS) is 20.7.